The second kappa shape index (κ2) is 7.97. The van der Waals surface area contributed by atoms with E-state index in [9.17, 15) is 9.18 Å². The zero-order chi connectivity index (χ0) is 22.3. The standard InChI is InChI=1S/C22H24FN5O2S/c1-12-25-17-8-5-13(9-19(17)30-12)20(29)26-14-6-7-16(23)15(10-14)18-11-28(4)31-22(2,3)21(24)27-18/h5-10,18H,11H2,1-4H3,(H2,24,27)(H,26,29). The van der Waals surface area contributed by atoms with E-state index in [1.165, 1.54) is 24.1 Å². The first kappa shape index (κ1) is 21.3. The molecule has 7 nitrogen and oxygen atoms in total. The normalized spacial score (nSPS) is 19.1. The number of hydrogen-bond donors (Lipinski definition) is 3. The van der Waals surface area contributed by atoms with Crippen molar-refractivity contribution in [3.05, 3.63) is 59.2 Å². The summed E-state index contributed by atoms with van der Waals surface area (Å²) >= 11 is 1.53. The number of nitrogens with zero attached hydrogens (tertiary/aromatic N) is 2. The van der Waals surface area contributed by atoms with Crippen molar-refractivity contribution in [1.29, 1.82) is 5.41 Å². The number of nitrogens with one attached hydrogen (secondary N) is 3. The van der Waals surface area contributed by atoms with Crippen LogP contribution < -0.4 is 10.6 Å². The SMILES string of the molecule is Cc1nc2ccc(C(=O)Nc3ccc(F)c(C4CN(C)SC(C)(C)C(=N)N4)c3)cc2o1. The number of carbonyl (C=O) groups is 1. The molecule has 1 aromatic heterocycles. The number of hydrogen-bond acceptors (Lipinski definition) is 6. The van der Waals surface area contributed by atoms with Gasteiger partial charge in [-0.05, 0) is 57.3 Å². The number of benzene rings is 2. The van der Waals surface area contributed by atoms with Gasteiger partial charge in [0.15, 0.2) is 11.5 Å². The Labute approximate surface area is 184 Å². The van der Waals surface area contributed by atoms with Crippen LogP contribution in [-0.2, 0) is 0 Å². The van der Waals surface area contributed by atoms with Gasteiger partial charge in [0, 0.05) is 30.3 Å². The van der Waals surface area contributed by atoms with E-state index >= 15 is 0 Å². The second-order valence-corrected chi connectivity index (χ2v) is 9.92. The molecule has 1 aliphatic heterocycles. The number of halogens is 1. The maximum Gasteiger partial charge on any atom is 0.255 e. The summed E-state index contributed by atoms with van der Waals surface area (Å²) in [6.45, 7) is 6.15. The van der Waals surface area contributed by atoms with Crippen molar-refractivity contribution in [3.8, 4) is 0 Å². The van der Waals surface area contributed by atoms with Gasteiger partial charge in [0.2, 0.25) is 0 Å². The van der Waals surface area contributed by atoms with Crippen molar-refractivity contribution in [2.75, 3.05) is 18.9 Å². The van der Waals surface area contributed by atoms with Crippen LogP contribution in [0.25, 0.3) is 11.1 Å². The predicted octanol–water partition coefficient (Wildman–Crippen LogP) is 4.51. The molecule has 4 rings (SSSR count). The summed E-state index contributed by atoms with van der Waals surface area (Å²) in [4.78, 5) is 17.0. The van der Waals surface area contributed by atoms with E-state index in [2.05, 4.69) is 15.6 Å². The third-order valence-corrected chi connectivity index (χ3v) is 6.25. The quantitative estimate of drug-likeness (QED) is 0.518. The molecule has 31 heavy (non-hydrogen) atoms. The van der Waals surface area contributed by atoms with Gasteiger partial charge < -0.3 is 15.1 Å². The fraction of sp³-hybridized carbons (Fsp3) is 0.318. The monoisotopic (exact) mass is 441 g/mol. The molecule has 0 radical (unpaired) electrons. The molecule has 0 aliphatic carbocycles. The van der Waals surface area contributed by atoms with Crippen LogP contribution in [-0.4, -0.2) is 39.4 Å². The average molecular weight is 442 g/mol. The molecule has 1 unspecified atom stereocenters. The van der Waals surface area contributed by atoms with E-state index in [1.54, 1.807) is 31.2 Å². The molecule has 1 amide bonds. The topological polar surface area (TPSA) is 94.3 Å². The second-order valence-electron chi connectivity index (χ2n) is 8.09. The van der Waals surface area contributed by atoms with Crippen molar-refractivity contribution in [2.45, 2.75) is 31.6 Å². The lowest BCUT2D eigenvalue weighted by Crippen LogP contribution is -2.39. The van der Waals surface area contributed by atoms with Crippen LogP contribution in [0.1, 0.15) is 41.7 Å². The molecule has 0 bridgehead atoms. The molecule has 3 aromatic rings. The van der Waals surface area contributed by atoms with E-state index in [1.807, 2.05) is 25.2 Å². The van der Waals surface area contributed by atoms with Gasteiger partial charge >= 0.3 is 0 Å². The van der Waals surface area contributed by atoms with E-state index < -0.39 is 10.8 Å². The number of amides is 1. The summed E-state index contributed by atoms with van der Waals surface area (Å²) in [5, 5.41) is 14.3. The smallest absolute Gasteiger partial charge is 0.255 e. The fourth-order valence-electron chi connectivity index (χ4n) is 3.57. The average Bonchev–Trinajstić information content (AvgIpc) is 3.02. The summed E-state index contributed by atoms with van der Waals surface area (Å²) in [5.41, 5.74) is 2.51. The number of aromatic nitrogens is 1. The number of oxazole rings is 1. The highest BCUT2D eigenvalue weighted by atomic mass is 32.2. The number of carbonyl (C=O) groups excluding carboxylic acids is 1. The number of rotatable bonds is 3. The third-order valence-electron chi connectivity index (χ3n) is 5.13. The third kappa shape index (κ3) is 4.42. The fourth-order valence-corrected chi connectivity index (χ4v) is 4.73. The molecule has 1 saturated heterocycles. The highest BCUT2D eigenvalue weighted by molar-refractivity contribution is 7.99. The molecule has 1 fully saturated rings. The van der Waals surface area contributed by atoms with Gasteiger partial charge in [-0.3, -0.25) is 14.5 Å². The minimum atomic E-state index is -0.441. The minimum absolute atomic E-state index is 0.330. The predicted molar refractivity (Wildman–Crippen MR) is 121 cm³/mol. The number of likely N-dealkylation sites (N-methyl/N-ethyl adjacent to an activating group) is 1. The molecule has 0 saturated carbocycles. The van der Waals surface area contributed by atoms with Crippen molar-refractivity contribution in [1.82, 2.24) is 14.6 Å². The summed E-state index contributed by atoms with van der Waals surface area (Å²) in [5.74, 6) is 0.142. The lowest BCUT2D eigenvalue weighted by atomic mass is 10.0. The Morgan fingerprint density at radius 2 is 2.13 bits per heavy atom. The van der Waals surface area contributed by atoms with Crippen LogP contribution in [0.3, 0.4) is 0 Å². The van der Waals surface area contributed by atoms with Crippen molar-refractivity contribution < 1.29 is 13.6 Å². The van der Waals surface area contributed by atoms with E-state index in [0.29, 0.717) is 46.2 Å². The Morgan fingerprint density at radius 1 is 1.35 bits per heavy atom. The number of aryl methyl sites for hydroxylation is 1. The molecular formula is C22H24FN5O2S. The van der Waals surface area contributed by atoms with Gasteiger partial charge in [-0.25, -0.2) is 9.37 Å². The van der Waals surface area contributed by atoms with Gasteiger partial charge in [0.05, 0.1) is 10.8 Å². The van der Waals surface area contributed by atoms with Crippen molar-refractivity contribution in [2.24, 2.45) is 0 Å². The largest absolute Gasteiger partial charge is 0.441 e. The van der Waals surface area contributed by atoms with Gasteiger partial charge in [-0.15, -0.1) is 0 Å². The molecule has 0 spiro atoms. The molecule has 2 heterocycles. The van der Waals surface area contributed by atoms with Gasteiger partial charge in [0.1, 0.15) is 17.2 Å². The van der Waals surface area contributed by atoms with Crippen LogP contribution in [0.5, 0.6) is 0 Å². The maximum atomic E-state index is 14.7. The Kier molecular flexibility index (Phi) is 5.49. The van der Waals surface area contributed by atoms with Crippen LogP contribution in [0.2, 0.25) is 0 Å². The lowest BCUT2D eigenvalue weighted by molar-refractivity contribution is 0.102. The molecule has 2 aromatic carbocycles. The van der Waals surface area contributed by atoms with Crippen LogP contribution >= 0.6 is 11.9 Å². The first-order valence-electron chi connectivity index (χ1n) is 9.86. The molecule has 162 valence electrons. The highest BCUT2D eigenvalue weighted by Crippen LogP contribution is 2.34. The molecular weight excluding hydrogens is 417 g/mol. The minimum Gasteiger partial charge on any atom is -0.441 e. The first-order valence-corrected chi connectivity index (χ1v) is 10.6. The number of fused-ring (bicyclic) bond motifs is 1. The van der Waals surface area contributed by atoms with Crippen LogP contribution in [0.4, 0.5) is 10.1 Å². The van der Waals surface area contributed by atoms with Crippen LogP contribution in [0.15, 0.2) is 40.8 Å². The summed E-state index contributed by atoms with van der Waals surface area (Å²) in [6.07, 6.45) is 0. The van der Waals surface area contributed by atoms with E-state index in [4.69, 9.17) is 9.83 Å². The van der Waals surface area contributed by atoms with E-state index in [0.717, 1.165) is 0 Å². The van der Waals surface area contributed by atoms with Crippen LogP contribution in [0, 0.1) is 18.2 Å². The highest BCUT2D eigenvalue weighted by Gasteiger charge is 2.34. The Morgan fingerprint density at radius 3 is 2.90 bits per heavy atom. The molecule has 3 N–H and O–H groups in total. The zero-order valence-electron chi connectivity index (χ0n) is 17.7. The Bertz CT molecular complexity index is 1180. The summed E-state index contributed by atoms with van der Waals surface area (Å²) < 4.78 is 21.8. The van der Waals surface area contributed by atoms with Crippen molar-refractivity contribution >= 4 is 40.5 Å². The maximum absolute atomic E-state index is 14.7. The number of anilines is 1. The lowest BCUT2D eigenvalue weighted by Gasteiger charge is -2.25. The van der Waals surface area contributed by atoms with E-state index in [-0.39, 0.29) is 11.7 Å². The van der Waals surface area contributed by atoms with Gasteiger partial charge in [0.25, 0.3) is 5.91 Å². The summed E-state index contributed by atoms with van der Waals surface area (Å²) in [6, 6.07) is 9.10. The summed E-state index contributed by atoms with van der Waals surface area (Å²) in [7, 11) is 1.92. The molecule has 1 aliphatic rings. The Balaban J connectivity index is 1.58. The number of amidine groups is 1. The van der Waals surface area contributed by atoms with Gasteiger partial charge in [-0.2, -0.15) is 0 Å². The van der Waals surface area contributed by atoms with Gasteiger partial charge in [-0.1, -0.05) is 11.9 Å². The molecule has 9 heteroatoms. The Hall–Kier alpha value is -2.91. The zero-order valence-corrected chi connectivity index (χ0v) is 18.6. The molecule has 1 atom stereocenters. The first-order chi connectivity index (χ1) is 14.6. The van der Waals surface area contributed by atoms with Crippen molar-refractivity contribution in [3.63, 3.8) is 0 Å².